The maximum absolute atomic E-state index is 12.0. The van der Waals surface area contributed by atoms with Crippen LogP contribution in [-0.4, -0.2) is 37.1 Å². The van der Waals surface area contributed by atoms with Crippen LogP contribution in [0.15, 0.2) is 18.2 Å². The Bertz CT molecular complexity index is 411. The SMILES string of the molecule is O=C(Nc1cc(Cl)cc(Cl)c1)N1CCCNCC1. The van der Waals surface area contributed by atoms with Crippen molar-refractivity contribution in [1.82, 2.24) is 10.2 Å². The van der Waals surface area contributed by atoms with E-state index in [2.05, 4.69) is 10.6 Å². The number of carbonyl (C=O) groups is 1. The molecule has 18 heavy (non-hydrogen) atoms. The maximum Gasteiger partial charge on any atom is 0.321 e. The Morgan fingerprint density at radius 3 is 2.61 bits per heavy atom. The van der Waals surface area contributed by atoms with Crippen molar-refractivity contribution < 1.29 is 4.79 Å². The standard InChI is InChI=1S/C12H15Cl2N3O/c13-9-6-10(14)8-11(7-9)16-12(18)17-4-1-2-15-3-5-17/h6-8,15H,1-5H2,(H,16,18). The molecule has 0 unspecified atom stereocenters. The lowest BCUT2D eigenvalue weighted by Crippen LogP contribution is -2.37. The first-order chi connectivity index (χ1) is 8.65. The van der Waals surface area contributed by atoms with Gasteiger partial charge in [0.2, 0.25) is 0 Å². The highest BCUT2D eigenvalue weighted by Crippen LogP contribution is 2.22. The van der Waals surface area contributed by atoms with E-state index in [1.54, 1.807) is 23.1 Å². The van der Waals surface area contributed by atoms with Crippen molar-refractivity contribution in [1.29, 1.82) is 0 Å². The molecule has 1 fully saturated rings. The van der Waals surface area contributed by atoms with Gasteiger partial charge in [-0.2, -0.15) is 0 Å². The molecule has 0 atom stereocenters. The van der Waals surface area contributed by atoms with E-state index in [1.165, 1.54) is 0 Å². The van der Waals surface area contributed by atoms with Crippen LogP contribution in [0.1, 0.15) is 6.42 Å². The lowest BCUT2D eigenvalue weighted by atomic mass is 10.3. The molecule has 0 saturated carbocycles. The quantitative estimate of drug-likeness (QED) is 0.834. The lowest BCUT2D eigenvalue weighted by Gasteiger charge is -2.20. The van der Waals surface area contributed by atoms with Gasteiger partial charge in [-0.3, -0.25) is 0 Å². The number of nitrogens with one attached hydrogen (secondary N) is 2. The van der Waals surface area contributed by atoms with Crippen LogP contribution in [0.4, 0.5) is 10.5 Å². The van der Waals surface area contributed by atoms with E-state index >= 15 is 0 Å². The average Bonchev–Trinajstić information content (AvgIpc) is 2.55. The number of nitrogens with zero attached hydrogens (tertiary/aromatic N) is 1. The van der Waals surface area contributed by atoms with Crippen LogP contribution in [-0.2, 0) is 0 Å². The van der Waals surface area contributed by atoms with E-state index in [4.69, 9.17) is 23.2 Å². The Morgan fingerprint density at radius 1 is 1.17 bits per heavy atom. The van der Waals surface area contributed by atoms with Crippen molar-refractivity contribution in [2.75, 3.05) is 31.5 Å². The summed E-state index contributed by atoms with van der Waals surface area (Å²) in [6, 6.07) is 4.88. The third-order valence-electron chi connectivity index (χ3n) is 2.74. The van der Waals surface area contributed by atoms with E-state index in [-0.39, 0.29) is 6.03 Å². The van der Waals surface area contributed by atoms with Crippen LogP contribution in [0.5, 0.6) is 0 Å². The van der Waals surface area contributed by atoms with Gasteiger partial charge in [0.15, 0.2) is 0 Å². The van der Waals surface area contributed by atoms with Crippen LogP contribution in [0.3, 0.4) is 0 Å². The molecule has 6 heteroatoms. The van der Waals surface area contributed by atoms with Gasteiger partial charge in [-0.05, 0) is 31.2 Å². The second kappa shape index (κ2) is 6.27. The summed E-state index contributed by atoms with van der Waals surface area (Å²) in [6.45, 7) is 3.24. The van der Waals surface area contributed by atoms with Gasteiger partial charge in [0.25, 0.3) is 0 Å². The Morgan fingerprint density at radius 2 is 1.89 bits per heavy atom. The highest BCUT2D eigenvalue weighted by atomic mass is 35.5. The largest absolute Gasteiger partial charge is 0.323 e. The van der Waals surface area contributed by atoms with E-state index in [0.717, 1.165) is 26.1 Å². The van der Waals surface area contributed by atoms with Gasteiger partial charge < -0.3 is 15.5 Å². The van der Waals surface area contributed by atoms with Crippen molar-refractivity contribution >= 4 is 34.9 Å². The smallest absolute Gasteiger partial charge is 0.321 e. The van der Waals surface area contributed by atoms with E-state index in [0.29, 0.717) is 22.3 Å². The summed E-state index contributed by atoms with van der Waals surface area (Å²) in [5, 5.41) is 7.08. The van der Waals surface area contributed by atoms with Crippen molar-refractivity contribution in [3.8, 4) is 0 Å². The van der Waals surface area contributed by atoms with Crippen LogP contribution < -0.4 is 10.6 Å². The highest BCUT2D eigenvalue weighted by molar-refractivity contribution is 6.35. The predicted molar refractivity (Wildman–Crippen MR) is 74.5 cm³/mol. The van der Waals surface area contributed by atoms with Crippen LogP contribution in [0.25, 0.3) is 0 Å². The molecule has 0 bridgehead atoms. The third-order valence-corrected chi connectivity index (χ3v) is 3.18. The van der Waals surface area contributed by atoms with E-state index in [1.807, 2.05) is 0 Å². The minimum Gasteiger partial charge on any atom is -0.323 e. The van der Waals surface area contributed by atoms with Crippen LogP contribution in [0.2, 0.25) is 10.0 Å². The summed E-state index contributed by atoms with van der Waals surface area (Å²) in [7, 11) is 0. The fraction of sp³-hybridized carbons (Fsp3) is 0.417. The molecule has 0 radical (unpaired) electrons. The van der Waals surface area contributed by atoms with Gasteiger partial charge in [0.1, 0.15) is 0 Å². The zero-order valence-corrected chi connectivity index (χ0v) is 11.4. The molecule has 1 aromatic carbocycles. The fourth-order valence-corrected chi connectivity index (χ4v) is 2.40. The topological polar surface area (TPSA) is 44.4 Å². The Labute approximate surface area is 116 Å². The molecule has 4 nitrogen and oxygen atoms in total. The summed E-state index contributed by atoms with van der Waals surface area (Å²) in [5.41, 5.74) is 0.620. The van der Waals surface area contributed by atoms with Gasteiger partial charge in [0.05, 0.1) is 0 Å². The summed E-state index contributed by atoms with van der Waals surface area (Å²) >= 11 is 11.8. The molecule has 0 aromatic heterocycles. The molecule has 1 aromatic rings. The van der Waals surface area contributed by atoms with Gasteiger partial charge in [0, 0.05) is 35.4 Å². The maximum atomic E-state index is 12.0. The molecule has 1 heterocycles. The molecular weight excluding hydrogens is 273 g/mol. The first-order valence-corrected chi connectivity index (χ1v) is 6.63. The number of hydrogen-bond donors (Lipinski definition) is 2. The molecule has 0 spiro atoms. The molecule has 98 valence electrons. The molecule has 2 amide bonds. The zero-order chi connectivity index (χ0) is 13.0. The molecule has 2 rings (SSSR count). The summed E-state index contributed by atoms with van der Waals surface area (Å²) < 4.78 is 0. The summed E-state index contributed by atoms with van der Waals surface area (Å²) in [6.07, 6.45) is 0.962. The minimum atomic E-state index is -0.114. The number of rotatable bonds is 1. The van der Waals surface area contributed by atoms with Gasteiger partial charge in [-0.15, -0.1) is 0 Å². The Balaban J connectivity index is 2.01. The monoisotopic (exact) mass is 287 g/mol. The zero-order valence-electron chi connectivity index (χ0n) is 9.88. The summed E-state index contributed by atoms with van der Waals surface area (Å²) in [5.74, 6) is 0. The van der Waals surface area contributed by atoms with E-state index in [9.17, 15) is 4.79 Å². The number of carbonyl (C=O) groups excluding carboxylic acids is 1. The van der Waals surface area contributed by atoms with Gasteiger partial charge >= 0.3 is 6.03 Å². The number of hydrogen-bond acceptors (Lipinski definition) is 2. The van der Waals surface area contributed by atoms with Crippen molar-refractivity contribution in [2.24, 2.45) is 0 Å². The van der Waals surface area contributed by atoms with E-state index < -0.39 is 0 Å². The predicted octanol–water partition coefficient (Wildman–Crippen LogP) is 2.82. The first kappa shape index (κ1) is 13.5. The lowest BCUT2D eigenvalue weighted by molar-refractivity contribution is 0.215. The second-order valence-electron chi connectivity index (χ2n) is 4.18. The molecular formula is C12H15Cl2N3O. The normalized spacial score (nSPS) is 16.2. The Hall–Kier alpha value is -0.970. The van der Waals surface area contributed by atoms with Crippen molar-refractivity contribution in [2.45, 2.75) is 6.42 Å². The number of amides is 2. The van der Waals surface area contributed by atoms with Crippen LogP contribution in [0, 0.1) is 0 Å². The number of anilines is 1. The van der Waals surface area contributed by atoms with Crippen molar-refractivity contribution in [3.05, 3.63) is 28.2 Å². The molecule has 1 aliphatic heterocycles. The second-order valence-corrected chi connectivity index (χ2v) is 5.05. The first-order valence-electron chi connectivity index (χ1n) is 5.88. The number of halogens is 2. The molecule has 1 aliphatic rings. The average molecular weight is 288 g/mol. The molecule has 2 N–H and O–H groups in total. The molecule has 1 saturated heterocycles. The fourth-order valence-electron chi connectivity index (χ4n) is 1.88. The van der Waals surface area contributed by atoms with Gasteiger partial charge in [-0.1, -0.05) is 23.2 Å². The summed E-state index contributed by atoms with van der Waals surface area (Å²) in [4.78, 5) is 13.8. The van der Waals surface area contributed by atoms with Crippen molar-refractivity contribution in [3.63, 3.8) is 0 Å². The third kappa shape index (κ3) is 3.77. The highest BCUT2D eigenvalue weighted by Gasteiger charge is 2.15. The van der Waals surface area contributed by atoms with Gasteiger partial charge in [-0.25, -0.2) is 4.79 Å². The Kier molecular flexibility index (Phi) is 4.69. The number of benzene rings is 1. The minimum absolute atomic E-state index is 0.114. The number of urea groups is 1. The molecule has 0 aliphatic carbocycles. The van der Waals surface area contributed by atoms with Crippen LogP contribution >= 0.6 is 23.2 Å².